The van der Waals surface area contributed by atoms with Crippen molar-refractivity contribution in [1.82, 2.24) is 20.5 Å². The van der Waals surface area contributed by atoms with E-state index >= 15 is 0 Å². The van der Waals surface area contributed by atoms with E-state index < -0.39 is 6.04 Å². The molecule has 1 atom stereocenters. The van der Waals surface area contributed by atoms with Gasteiger partial charge in [-0.2, -0.15) is 0 Å². The number of hydrogen-bond donors (Lipinski definition) is 2. The fraction of sp³-hybridized carbons (Fsp3) is 0.316. The molecular weight excluding hydrogens is 316 g/mol. The van der Waals surface area contributed by atoms with Crippen LogP contribution in [0.1, 0.15) is 15.9 Å². The lowest BCUT2D eigenvalue weighted by atomic mass is 10.0. The zero-order valence-corrected chi connectivity index (χ0v) is 14.6. The van der Waals surface area contributed by atoms with Crippen LogP contribution in [0.2, 0.25) is 0 Å². The van der Waals surface area contributed by atoms with Gasteiger partial charge in [0.2, 0.25) is 5.91 Å². The molecule has 0 saturated carbocycles. The van der Waals surface area contributed by atoms with Crippen molar-refractivity contribution in [3.63, 3.8) is 0 Å². The molecule has 0 bridgehead atoms. The van der Waals surface area contributed by atoms with Gasteiger partial charge in [0.25, 0.3) is 5.91 Å². The number of nitrogens with one attached hydrogen (secondary N) is 2. The Kier molecular flexibility index (Phi) is 7.10. The summed E-state index contributed by atoms with van der Waals surface area (Å²) in [5.74, 6) is -0.416. The Morgan fingerprint density at radius 3 is 2.56 bits per heavy atom. The van der Waals surface area contributed by atoms with Gasteiger partial charge >= 0.3 is 0 Å². The summed E-state index contributed by atoms with van der Waals surface area (Å²) in [7, 11) is 3.58. The Bertz CT molecular complexity index is 676. The first kappa shape index (κ1) is 18.6. The minimum absolute atomic E-state index is 0.114. The molecule has 2 rings (SSSR count). The van der Waals surface area contributed by atoms with Crippen LogP contribution < -0.4 is 10.6 Å². The van der Waals surface area contributed by atoms with Crippen molar-refractivity contribution >= 4 is 11.8 Å². The highest BCUT2D eigenvalue weighted by atomic mass is 16.2. The fourth-order valence-corrected chi connectivity index (χ4v) is 2.44. The van der Waals surface area contributed by atoms with E-state index in [2.05, 4.69) is 15.6 Å². The number of likely N-dealkylation sites (N-methyl/N-ethyl adjacent to an activating group) is 2. The zero-order chi connectivity index (χ0) is 18.1. The minimum Gasteiger partial charge on any atom is -0.343 e. The van der Waals surface area contributed by atoms with E-state index in [0.717, 1.165) is 5.56 Å². The molecule has 25 heavy (non-hydrogen) atoms. The van der Waals surface area contributed by atoms with E-state index in [9.17, 15) is 9.59 Å². The lowest BCUT2D eigenvalue weighted by Crippen LogP contribution is -2.49. The van der Waals surface area contributed by atoms with E-state index in [0.29, 0.717) is 25.1 Å². The lowest BCUT2D eigenvalue weighted by Gasteiger charge is -2.25. The molecule has 6 heteroatoms. The largest absolute Gasteiger partial charge is 0.343 e. The lowest BCUT2D eigenvalue weighted by molar-refractivity contribution is -0.131. The van der Waals surface area contributed by atoms with Gasteiger partial charge in [-0.05, 0) is 24.7 Å². The monoisotopic (exact) mass is 340 g/mol. The molecule has 0 aliphatic heterocycles. The minimum atomic E-state index is -0.628. The molecule has 0 saturated heterocycles. The highest BCUT2D eigenvalue weighted by Gasteiger charge is 2.24. The summed E-state index contributed by atoms with van der Waals surface area (Å²) in [6.45, 7) is 1.26. The Balaban J connectivity index is 2.13. The van der Waals surface area contributed by atoms with Gasteiger partial charge in [0.15, 0.2) is 0 Å². The molecule has 2 N–H and O–H groups in total. The van der Waals surface area contributed by atoms with Crippen molar-refractivity contribution in [2.75, 3.05) is 27.2 Å². The van der Waals surface area contributed by atoms with Crippen LogP contribution in [0.5, 0.6) is 0 Å². The molecule has 0 fully saturated rings. The Labute approximate surface area is 148 Å². The summed E-state index contributed by atoms with van der Waals surface area (Å²) in [5.41, 5.74) is 1.43. The second kappa shape index (κ2) is 9.54. The van der Waals surface area contributed by atoms with Gasteiger partial charge in [0, 0.05) is 39.0 Å². The topological polar surface area (TPSA) is 74.3 Å². The molecule has 6 nitrogen and oxygen atoms in total. The number of rotatable bonds is 8. The summed E-state index contributed by atoms with van der Waals surface area (Å²) >= 11 is 0. The second-order valence-electron chi connectivity index (χ2n) is 5.82. The van der Waals surface area contributed by atoms with E-state index in [1.54, 1.807) is 30.3 Å². The Morgan fingerprint density at radius 1 is 1.16 bits per heavy atom. The number of pyridine rings is 1. The third-order valence-corrected chi connectivity index (χ3v) is 3.88. The fourth-order valence-electron chi connectivity index (χ4n) is 2.44. The molecule has 1 aromatic heterocycles. The molecule has 1 aromatic carbocycles. The third-order valence-electron chi connectivity index (χ3n) is 3.88. The van der Waals surface area contributed by atoms with Crippen LogP contribution in [0.4, 0.5) is 0 Å². The summed E-state index contributed by atoms with van der Waals surface area (Å²) in [6, 6.07) is 12.4. The summed E-state index contributed by atoms with van der Waals surface area (Å²) in [6.07, 6.45) is 3.54. The van der Waals surface area contributed by atoms with Crippen LogP contribution >= 0.6 is 0 Å². The van der Waals surface area contributed by atoms with Gasteiger partial charge in [-0.1, -0.05) is 30.3 Å². The van der Waals surface area contributed by atoms with Crippen LogP contribution in [-0.4, -0.2) is 54.9 Å². The molecule has 0 spiro atoms. The number of aromatic nitrogens is 1. The number of carbonyl (C=O) groups is 2. The van der Waals surface area contributed by atoms with Gasteiger partial charge in [-0.15, -0.1) is 0 Å². The summed E-state index contributed by atoms with van der Waals surface area (Å²) in [5, 5.41) is 5.87. The number of amides is 2. The van der Waals surface area contributed by atoms with Crippen molar-refractivity contribution in [2.45, 2.75) is 12.5 Å². The zero-order valence-electron chi connectivity index (χ0n) is 14.6. The molecule has 1 unspecified atom stereocenters. The van der Waals surface area contributed by atoms with Crippen molar-refractivity contribution < 1.29 is 9.59 Å². The van der Waals surface area contributed by atoms with Crippen molar-refractivity contribution in [3.8, 4) is 0 Å². The molecule has 0 radical (unpaired) electrons. The maximum absolute atomic E-state index is 12.8. The van der Waals surface area contributed by atoms with Crippen LogP contribution in [0.3, 0.4) is 0 Å². The highest BCUT2D eigenvalue weighted by molar-refractivity contribution is 5.97. The van der Waals surface area contributed by atoms with E-state index in [-0.39, 0.29) is 11.8 Å². The van der Waals surface area contributed by atoms with Crippen LogP contribution in [-0.2, 0) is 11.2 Å². The van der Waals surface area contributed by atoms with E-state index in [1.807, 2.05) is 37.4 Å². The number of hydrogen-bond acceptors (Lipinski definition) is 4. The first-order chi connectivity index (χ1) is 12.1. The molecule has 0 aliphatic carbocycles. The van der Waals surface area contributed by atoms with Crippen LogP contribution in [0.15, 0.2) is 54.9 Å². The number of benzene rings is 1. The van der Waals surface area contributed by atoms with Gasteiger partial charge in [0.05, 0.1) is 5.56 Å². The van der Waals surface area contributed by atoms with E-state index in [1.165, 1.54) is 6.20 Å². The number of carbonyl (C=O) groups excluding carboxylic acids is 2. The highest BCUT2D eigenvalue weighted by Crippen LogP contribution is 2.07. The first-order valence-electron chi connectivity index (χ1n) is 8.26. The molecule has 1 heterocycles. The van der Waals surface area contributed by atoms with Gasteiger partial charge in [0.1, 0.15) is 6.04 Å². The van der Waals surface area contributed by atoms with Gasteiger partial charge in [-0.25, -0.2) is 0 Å². The summed E-state index contributed by atoms with van der Waals surface area (Å²) in [4.78, 5) is 30.8. The SMILES string of the molecule is CNCCN(C)C(=O)C(Cc1ccccc1)NC(=O)c1cccnc1. The molecule has 0 aliphatic rings. The summed E-state index contributed by atoms with van der Waals surface area (Å²) < 4.78 is 0. The quantitative estimate of drug-likeness (QED) is 0.755. The van der Waals surface area contributed by atoms with Gasteiger partial charge in [-0.3, -0.25) is 14.6 Å². The second-order valence-corrected chi connectivity index (χ2v) is 5.82. The van der Waals surface area contributed by atoms with Crippen LogP contribution in [0.25, 0.3) is 0 Å². The normalized spacial score (nSPS) is 11.6. The third kappa shape index (κ3) is 5.69. The van der Waals surface area contributed by atoms with Crippen molar-refractivity contribution in [1.29, 1.82) is 0 Å². The molecule has 2 aromatic rings. The average molecular weight is 340 g/mol. The molecule has 132 valence electrons. The van der Waals surface area contributed by atoms with Gasteiger partial charge < -0.3 is 15.5 Å². The Hall–Kier alpha value is -2.73. The van der Waals surface area contributed by atoms with Crippen LogP contribution in [0, 0.1) is 0 Å². The van der Waals surface area contributed by atoms with Crippen molar-refractivity contribution in [3.05, 3.63) is 66.0 Å². The average Bonchev–Trinajstić information content (AvgIpc) is 2.66. The maximum Gasteiger partial charge on any atom is 0.253 e. The standard InChI is InChI=1S/C19H24N4O2/c1-20-11-12-23(2)19(25)17(13-15-7-4-3-5-8-15)22-18(24)16-9-6-10-21-14-16/h3-10,14,17,20H,11-13H2,1-2H3,(H,22,24). The molecule has 2 amide bonds. The first-order valence-corrected chi connectivity index (χ1v) is 8.26. The number of nitrogens with zero attached hydrogens (tertiary/aromatic N) is 2. The molecular formula is C19H24N4O2. The van der Waals surface area contributed by atoms with E-state index in [4.69, 9.17) is 0 Å². The Morgan fingerprint density at radius 2 is 1.92 bits per heavy atom. The smallest absolute Gasteiger partial charge is 0.253 e. The predicted molar refractivity (Wildman–Crippen MR) is 97.2 cm³/mol. The maximum atomic E-state index is 12.8. The van der Waals surface area contributed by atoms with Crippen molar-refractivity contribution in [2.24, 2.45) is 0 Å². The predicted octanol–water partition coefficient (Wildman–Crippen LogP) is 1.10.